The van der Waals surface area contributed by atoms with Gasteiger partial charge in [-0.25, -0.2) is 13.1 Å². The third-order valence-corrected chi connectivity index (χ3v) is 7.11. The zero-order valence-electron chi connectivity index (χ0n) is 17.0. The molecule has 168 valence electrons. The molecule has 5 nitrogen and oxygen atoms in total. The Morgan fingerprint density at radius 3 is 2.10 bits per heavy atom. The molecule has 3 rings (SSSR count). The van der Waals surface area contributed by atoms with Crippen LogP contribution in [0.5, 0.6) is 0 Å². The van der Waals surface area contributed by atoms with Gasteiger partial charge in [-0.3, -0.25) is 4.79 Å². The Bertz CT molecular complexity index is 985. The van der Waals surface area contributed by atoms with Crippen LogP contribution >= 0.6 is 0 Å². The lowest BCUT2D eigenvalue weighted by molar-refractivity contribution is -0.137. The Morgan fingerprint density at radius 1 is 0.968 bits per heavy atom. The lowest BCUT2D eigenvalue weighted by Crippen LogP contribution is -2.41. The second-order valence-corrected chi connectivity index (χ2v) is 9.55. The van der Waals surface area contributed by atoms with Crippen LogP contribution in [0.15, 0.2) is 59.5 Å². The number of hydrogen-bond donors (Lipinski definition) is 2. The van der Waals surface area contributed by atoms with Gasteiger partial charge in [-0.15, -0.1) is 0 Å². The molecule has 1 aliphatic rings. The van der Waals surface area contributed by atoms with Gasteiger partial charge in [0.25, 0.3) is 0 Å². The Morgan fingerprint density at radius 2 is 1.55 bits per heavy atom. The number of amides is 1. The summed E-state index contributed by atoms with van der Waals surface area (Å²) in [6.07, 6.45) is -2.48. The summed E-state index contributed by atoms with van der Waals surface area (Å²) < 4.78 is 65.6. The van der Waals surface area contributed by atoms with Gasteiger partial charge in [0.2, 0.25) is 15.9 Å². The largest absolute Gasteiger partial charge is 0.416 e. The van der Waals surface area contributed by atoms with Gasteiger partial charge in [-0.2, -0.15) is 13.2 Å². The number of alkyl halides is 3. The van der Waals surface area contributed by atoms with Gasteiger partial charge in [-0.1, -0.05) is 30.3 Å². The number of carbonyl (C=O) groups is 1. The molecule has 0 heterocycles. The van der Waals surface area contributed by atoms with Crippen LogP contribution in [0.2, 0.25) is 0 Å². The number of halogens is 3. The predicted octanol–water partition coefficient (Wildman–Crippen LogP) is 4.42. The Labute approximate surface area is 180 Å². The highest BCUT2D eigenvalue weighted by molar-refractivity contribution is 7.89. The highest BCUT2D eigenvalue weighted by Crippen LogP contribution is 2.30. The molecule has 0 saturated heterocycles. The molecule has 9 heteroatoms. The van der Waals surface area contributed by atoms with Gasteiger partial charge in [0.1, 0.15) is 0 Å². The van der Waals surface area contributed by atoms with E-state index in [4.69, 9.17) is 0 Å². The minimum atomic E-state index is -4.52. The van der Waals surface area contributed by atoms with Gasteiger partial charge in [-0.05, 0) is 62.4 Å². The number of sulfonamides is 1. The normalized spacial score (nSPS) is 20.8. The topological polar surface area (TPSA) is 75.3 Å². The second-order valence-electron chi connectivity index (χ2n) is 7.83. The van der Waals surface area contributed by atoms with Crippen molar-refractivity contribution < 1.29 is 26.4 Å². The van der Waals surface area contributed by atoms with Crippen molar-refractivity contribution in [1.82, 2.24) is 10.0 Å². The van der Waals surface area contributed by atoms with Crippen molar-refractivity contribution in [3.8, 4) is 0 Å². The maximum Gasteiger partial charge on any atom is 0.416 e. The zero-order valence-corrected chi connectivity index (χ0v) is 17.8. The van der Waals surface area contributed by atoms with Crippen LogP contribution in [0, 0.1) is 5.92 Å². The minimum absolute atomic E-state index is 0.0552. The van der Waals surface area contributed by atoms with E-state index >= 15 is 0 Å². The Balaban J connectivity index is 1.53. The molecule has 2 aromatic carbocycles. The lowest BCUT2D eigenvalue weighted by atomic mass is 9.85. The van der Waals surface area contributed by atoms with E-state index in [-0.39, 0.29) is 28.8 Å². The fourth-order valence-corrected chi connectivity index (χ4v) is 5.05. The molecule has 31 heavy (non-hydrogen) atoms. The summed E-state index contributed by atoms with van der Waals surface area (Å²) in [6.45, 7) is 1.91. The molecule has 0 radical (unpaired) electrons. The zero-order chi connectivity index (χ0) is 22.6. The van der Waals surface area contributed by atoms with E-state index in [2.05, 4.69) is 10.0 Å². The molecule has 0 aliphatic heterocycles. The van der Waals surface area contributed by atoms with E-state index in [9.17, 15) is 26.4 Å². The number of nitrogens with one attached hydrogen (secondary N) is 2. The molecule has 0 spiro atoms. The highest BCUT2D eigenvalue weighted by atomic mass is 32.2. The van der Waals surface area contributed by atoms with E-state index in [1.165, 1.54) is 0 Å². The first-order valence-electron chi connectivity index (χ1n) is 10.1. The molecular weight excluding hydrogens is 429 g/mol. The average molecular weight is 455 g/mol. The van der Waals surface area contributed by atoms with Crippen molar-refractivity contribution in [2.24, 2.45) is 5.92 Å². The lowest BCUT2D eigenvalue weighted by Gasteiger charge is -2.29. The van der Waals surface area contributed by atoms with Crippen molar-refractivity contribution in [3.63, 3.8) is 0 Å². The maximum atomic E-state index is 12.7. The maximum absolute atomic E-state index is 12.7. The molecule has 1 fully saturated rings. The quantitative estimate of drug-likeness (QED) is 0.679. The van der Waals surface area contributed by atoms with Gasteiger partial charge in [0.15, 0.2) is 0 Å². The summed E-state index contributed by atoms with van der Waals surface area (Å²) in [6, 6.07) is 12.5. The first kappa shape index (κ1) is 23.3. The van der Waals surface area contributed by atoms with Crippen LogP contribution in [-0.4, -0.2) is 20.4 Å². The summed E-state index contributed by atoms with van der Waals surface area (Å²) in [5.41, 5.74) is 0.108. The molecule has 1 amide bonds. The molecule has 2 N–H and O–H groups in total. The van der Waals surface area contributed by atoms with Crippen LogP contribution in [-0.2, 0) is 21.0 Å². The van der Waals surface area contributed by atoms with Crippen molar-refractivity contribution in [2.45, 2.75) is 55.8 Å². The SMILES string of the molecule is C[C@@H](NC(=O)[C@H]1CC[C@H](NS(=O)(=O)c2ccc(C(F)(F)F)cc2)CC1)c1ccccc1. The van der Waals surface area contributed by atoms with E-state index < -0.39 is 21.8 Å². The second kappa shape index (κ2) is 9.40. The Kier molecular flexibility index (Phi) is 7.06. The highest BCUT2D eigenvalue weighted by Gasteiger charge is 2.32. The molecule has 0 unspecified atom stereocenters. The van der Waals surface area contributed by atoms with Crippen LogP contribution in [0.4, 0.5) is 13.2 Å². The average Bonchev–Trinajstić information content (AvgIpc) is 2.74. The molecule has 0 aromatic heterocycles. The van der Waals surface area contributed by atoms with Crippen molar-refractivity contribution in [3.05, 3.63) is 65.7 Å². The molecule has 0 bridgehead atoms. The van der Waals surface area contributed by atoms with Gasteiger partial charge in [0.05, 0.1) is 16.5 Å². The minimum Gasteiger partial charge on any atom is -0.349 e. The van der Waals surface area contributed by atoms with Crippen LogP contribution in [0.1, 0.15) is 49.8 Å². The fourth-order valence-electron chi connectivity index (χ4n) is 3.74. The van der Waals surface area contributed by atoms with E-state index in [1.807, 2.05) is 37.3 Å². The van der Waals surface area contributed by atoms with E-state index in [0.29, 0.717) is 25.7 Å². The molecule has 1 aliphatic carbocycles. The third kappa shape index (κ3) is 6.07. The number of benzene rings is 2. The summed E-state index contributed by atoms with van der Waals surface area (Å²) in [5.74, 6) is -0.251. The monoisotopic (exact) mass is 454 g/mol. The number of rotatable bonds is 6. The molecule has 1 atom stereocenters. The summed E-state index contributed by atoms with van der Waals surface area (Å²) in [5, 5.41) is 3.00. The van der Waals surface area contributed by atoms with Gasteiger partial charge < -0.3 is 5.32 Å². The van der Waals surface area contributed by atoms with Crippen LogP contribution in [0.3, 0.4) is 0 Å². The van der Waals surface area contributed by atoms with E-state index in [0.717, 1.165) is 29.8 Å². The standard InChI is InChI=1S/C22H25F3N2O3S/c1-15(16-5-3-2-4-6-16)26-21(28)17-7-11-19(12-8-17)27-31(29,30)20-13-9-18(10-14-20)22(23,24)25/h2-6,9-10,13-15,17,19,27H,7-8,11-12H2,1H3,(H,26,28)/t15-,17-,19-/m1/s1. The van der Waals surface area contributed by atoms with Crippen LogP contribution in [0.25, 0.3) is 0 Å². The Hall–Kier alpha value is -2.39. The van der Waals surface area contributed by atoms with Crippen molar-refractivity contribution in [2.75, 3.05) is 0 Å². The van der Waals surface area contributed by atoms with Gasteiger partial charge >= 0.3 is 6.18 Å². The molecular formula is C22H25F3N2O3S. The summed E-state index contributed by atoms with van der Waals surface area (Å²) in [7, 11) is -3.93. The number of hydrogen-bond acceptors (Lipinski definition) is 3. The summed E-state index contributed by atoms with van der Waals surface area (Å²) in [4.78, 5) is 12.4. The van der Waals surface area contributed by atoms with Crippen LogP contribution < -0.4 is 10.0 Å². The first-order chi connectivity index (χ1) is 14.6. The molecule has 1 saturated carbocycles. The first-order valence-corrected chi connectivity index (χ1v) is 11.6. The third-order valence-electron chi connectivity index (χ3n) is 5.57. The predicted molar refractivity (Wildman–Crippen MR) is 111 cm³/mol. The van der Waals surface area contributed by atoms with Crippen molar-refractivity contribution in [1.29, 1.82) is 0 Å². The summed E-state index contributed by atoms with van der Waals surface area (Å²) >= 11 is 0. The van der Waals surface area contributed by atoms with Crippen molar-refractivity contribution >= 4 is 15.9 Å². The molecule has 2 aromatic rings. The van der Waals surface area contributed by atoms with Gasteiger partial charge in [0, 0.05) is 12.0 Å². The fraction of sp³-hybridized carbons (Fsp3) is 0.409. The number of carbonyl (C=O) groups excluding carboxylic acids is 1. The smallest absolute Gasteiger partial charge is 0.349 e. The van der Waals surface area contributed by atoms with E-state index in [1.54, 1.807) is 0 Å².